The van der Waals surface area contributed by atoms with E-state index < -0.39 is 6.10 Å². The first kappa shape index (κ1) is 14.6. The Hall–Kier alpha value is -2.34. The number of hydrogen-bond acceptors (Lipinski definition) is 4. The monoisotopic (exact) mass is 360 g/mol. The molecule has 0 spiro atoms. The second kappa shape index (κ2) is 6.62. The molecule has 0 aliphatic carbocycles. The summed E-state index contributed by atoms with van der Waals surface area (Å²) in [4.78, 5) is 12.0. The van der Waals surface area contributed by atoms with Crippen molar-refractivity contribution in [3.8, 4) is 11.5 Å². The molecule has 0 saturated carbocycles. The van der Waals surface area contributed by atoms with Crippen molar-refractivity contribution in [1.29, 1.82) is 0 Å². The lowest BCUT2D eigenvalue weighted by atomic mass is 10.2. The van der Waals surface area contributed by atoms with E-state index in [1.54, 1.807) is 18.3 Å². The van der Waals surface area contributed by atoms with Gasteiger partial charge in [-0.15, -0.1) is 0 Å². The normalized spacial score (nSPS) is 16.5. The van der Waals surface area contributed by atoms with Gasteiger partial charge in [0.05, 0.1) is 6.21 Å². The molecule has 0 fully saturated rings. The van der Waals surface area contributed by atoms with Crippen LogP contribution in [0.15, 0.2) is 58.1 Å². The van der Waals surface area contributed by atoms with E-state index in [2.05, 4.69) is 26.5 Å². The third-order valence-corrected chi connectivity index (χ3v) is 3.81. The van der Waals surface area contributed by atoms with Crippen LogP contribution in [0.5, 0.6) is 11.5 Å². The van der Waals surface area contributed by atoms with E-state index in [4.69, 9.17) is 9.47 Å². The second-order valence-corrected chi connectivity index (χ2v) is 5.47. The van der Waals surface area contributed by atoms with Gasteiger partial charge in [-0.05, 0) is 18.2 Å². The number of hydrogen-bond donors (Lipinski definition) is 1. The lowest BCUT2D eigenvalue weighted by Crippen LogP contribution is -2.42. The van der Waals surface area contributed by atoms with Crippen LogP contribution in [0.4, 0.5) is 0 Å². The van der Waals surface area contributed by atoms with Crippen LogP contribution in [0.2, 0.25) is 0 Å². The van der Waals surface area contributed by atoms with Gasteiger partial charge in [0.1, 0.15) is 6.61 Å². The predicted octanol–water partition coefficient (Wildman–Crippen LogP) is 2.74. The SMILES string of the molecule is O=C(NN=Cc1ccccc1Br)C1COc2ccccc2O1. The number of ether oxygens (including phenoxy) is 2. The zero-order chi connectivity index (χ0) is 15.4. The quantitative estimate of drug-likeness (QED) is 0.676. The molecule has 1 unspecified atom stereocenters. The van der Waals surface area contributed by atoms with E-state index >= 15 is 0 Å². The third-order valence-electron chi connectivity index (χ3n) is 3.08. The molecule has 6 heteroatoms. The van der Waals surface area contributed by atoms with Crippen molar-refractivity contribution >= 4 is 28.1 Å². The molecular formula is C16H13BrN2O3. The molecule has 1 N–H and O–H groups in total. The Morgan fingerprint density at radius 1 is 1.18 bits per heavy atom. The van der Waals surface area contributed by atoms with Crippen molar-refractivity contribution in [2.24, 2.45) is 5.10 Å². The maximum absolute atomic E-state index is 12.0. The number of nitrogens with one attached hydrogen (secondary N) is 1. The average molecular weight is 361 g/mol. The molecule has 1 heterocycles. The molecule has 0 radical (unpaired) electrons. The molecule has 2 aromatic rings. The zero-order valence-corrected chi connectivity index (χ0v) is 13.1. The van der Waals surface area contributed by atoms with Gasteiger partial charge < -0.3 is 9.47 Å². The summed E-state index contributed by atoms with van der Waals surface area (Å²) in [5.41, 5.74) is 3.33. The molecule has 22 heavy (non-hydrogen) atoms. The lowest BCUT2D eigenvalue weighted by molar-refractivity contribution is -0.130. The Labute approximate surface area is 136 Å². The standard InChI is InChI=1S/C16H13BrN2O3/c17-12-6-2-1-5-11(12)9-18-19-16(20)15-10-21-13-7-3-4-8-14(13)22-15/h1-9,15H,10H2,(H,19,20). The van der Waals surface area contributed by atoms with Crippen molar-refractivity contribution in [3.63, 3.8) is 0 Å². The highest BCUT2D eigenvalue weighted by atomic mass is 79.9. The Balaban J connectivity index is 1.60. The molecule has 1 amide bonds. The van der Waals surface area contributed by atoms with Crippen LogP contribution in [-0.2, 0) is 4.79 Å². The van der Waals surface area contributed by atoms with Gasteiger partial charge in [-0.3, -0.25) is 4.79 Å². The van der Waals surface area contributed by atoms with E-state index in [0.29, 0.717) is 11.5 Å². The minimum absolute atomic E-state index is 0.160. The summed E-state index contributed by atoms with van der Waals surface area (Å²) in [6.45, 7) is 0.160. The number of hydrazone groups is 1. The number of fused-ring (bicyclic) bond motifs is 1. The Bertz CT molecular complexity index is 718. The van der Waals surface area contributed by atoms with Gasteiger partial charge in [0.2, 0.25) is 6.10 Å². The first-order valence-corrected chi connectivity index (χ1v) is 7.49. The lowest BCUT2D eigenvalue weighted by Gasteiger charge is -2.24. The predicted molar refractivity (Wildman–Crippen MR) is 86.2 cm³/mol. The zero-order valence-electron chi connectivity index (χ0n) is 11.5. The Morgan fingerprint density at radius 2 is 1.91 bits per heavy atom. The van der Waals surface area contributed by atoms with Crippen molar-refractivity contribution < 1.29 is 14.3 Å². The minimum Gasteiger partial charge on any atom is -0.485 e. The van der Waals surface area contributed by atoms with Gasteiger partial charge in [-0.25, -0.2) is 5.43 Å². The van der Waals surface area contributed by atoms with Crippen LogP contribution in [0.3, 0.4) is 0 Å². The molecule has 0 aromatic heterocycles. The topological polar surface area (TPSA) is 59.9 Å². The average Bonchev–Trinajstić information content (AvgIpc) is 2.56. The molecule has 1 aliphatic heterocycles. The van der Waals surface area contributed by atoms with Gasteiger partial charge in [-0.1, -0.05) is 46.3 Å². The van der Waals surface area contributed by atoms with Crippen LogP contribution in [0.25, 0.3) is 0 Å². The number of rotatable bonds is 3. The Kier molecular flexibility index (Phi) is 4.39. The van der Waals surface area contributed by atoms with Crippen LogP contribution >= 0.6 is 15.9 Å². The maximum Gasteiger partial charge on any atom is 0.284 e. The van der Waals surface area contributed by atoms with Gasteiger partial charge in [-0.2, -0.15) is 5.10 Å². The highest BCUT2D eigenvalue weighted by molar-refractivity contribution is 9.10. The highest BCUT2D eigenvalue weighted by Crippen LogP contribution is 2.30. The first-order valence-electron chi connectivity index (χ1n) is 6.70. The number of amides is 1. The van der Waals surface area contributed by atoms with Gasteiger partial charge in [0.25, 0.3) is 5.91 Å². The van der Waals surface area contributed by atoms with E-state index in [9.17, 15) is 4.79 Å². The minimum atomic E-state index is -0.716. The molecule has 0 bridgehead atoms. The van der Waals surface area contributed by atoms with Gasteiger partial charge in [0.15, 0.2) is 11.5 Å². The fraction of sp³-hybridized carbons (Fsp3) is 0.125. The second-order valence-electron chi connectivity index (χ2n) is 4.62. The molecule has 1 atom stereocenters. The van der Waals surface area contributed by atoms with Gasteiger partial charge >= 0.3 is 0 Å². The maximum atomic E-state index is 12.0. The highest BCUT2D eigenvalue weighted by Gasteiger charge is 2.26. The summed E-state index contributed by atoms with van der Waals surface area (Å²) in [6.07, 6.45) is 0.853. The van der Waals surface area contributed by atoms with E-state index in [-0.39, 0.29) is 12.5 Å². The van der Waals surface area contributed by atoms with E-state index in [0.717, 1.165) is 10.0 Å². The number of halogens is 1. The number of para-hydroxylation sites is 2. The first-order chi connectivity index (χ1) is 10.7. The summed E-state index contributed by atoms with van der Waals surface area (Å²) in [6, 6.07) is 14.8. The summed E-state index contributed by atoms with van der Waals surface area (Å²) in [5.74, 6) is 0.852. The van der Waals surface area contributed by atoms with Crippen molar-refractivity contribution in [1.82, 2.24) is 5.43 Å². The summed E-state index contributed by atoms with van der Waals surface area (Å²) < 4.78 is 12.0. The summed E-state index contributed by atoms with van der Waals surface area (Å²) >= 11 is 3.41. The molecule has 3 rings (SSSR count). The smallest absolute Gasteiger partial charge is 0.284 e. The molecule has 5 nitrogen and oxygen atoms in total. The van der Waals surface area contributed by atoms with E-state index in [1.165, 1.54) is 0 Å². The van der Waals surface area contributed by atoms with Crippen LogP contribution in [-0.4, -0.2) is 24.8 Å². The van der Waals surface area contributed by atoms with E-state index in [1.807, 2.05) is 36.4 Å². The molecule has 1 aliphatic rings. The largest absolute Gasteiger partial charge is 0.485 e. The fourth-order valence-corrected chi connectivity index (χ4v) is 2.35. The molecular weight excluding hydrogens is 348 g/mol. The van der Waals surface area contributed by atoms with Crippen molar-refractivity contribution in [2.45, 2.75) is 6.10 Å². The fourth-order valence-electron chi connectivity index (χ4n) is 1.97. The van der Waals surface area contributed by atoms with Gasteiger partial charge in [0, 0.05) is 10.0 Å². The Morgan fingerprint density at radius 3 is 2.73 bits per heavy atom. The number of carbonyl (C=O) groups excluding carboxylic acids is 1. The number of nitrogens with zero attached hydrogens (tertiary/aromatic N) is 1. The molecule has 112 valence electrons. The number of benzene rings is 2. The van der Waals surface area contributed by atoms with Crippen molar-refractivity contribution in [3.05, 3.63) is 58.6 Å². The van der Waals surface area contributed by atoms with Crippen LogP contribution < -0.4 is 14.9 Å². The van der Waals surface area contributed by atoms with Crippen LogP contribution in [0.1, 0.15) is 5.56 Å². The molecule has 0 saturated heterocycles. The van der Waals surface area contributed by atoms with Crippen molar-refractivity contribution in [2.75, 3.05) is 6.61 Å². The third kappa shape index (κ3) is 3.28. The summed E-state index contributed by atoms with van der Waals surface area (Å²) in [7, 11) is 0. The van der Waals surface area contributed by atoms with Crippen LogP contribution in [0, 0.1) is 0 Å². The molecule has 2 aromatic carbocycles. The summed E-state index contributed by atoms with van der Waals surface area (Å²) in [5, 5.41) is 3.94. The number of carbonyl (C=O) groups is 1.